The highest BCUT2D eigenvalue weighted by molar-refractivity contribution is 7.99. The topological polar surface area (TPSA) is 145 Å². The summed E-state index contributed by atoms with van der Waals surface area (Å²) < 4.78 is 34.2. The lowest BCUT2D eigenvalue weighted by atomic mass is 10.1. The second-order valence-electron chi connectivity index (χ2n) is 8.82. The first-order valence-corrected chi connectivity index (χ1v) is 14.0. The number of aromatic nitrogens is 3. The Labute approximate surface area is 258 Å². The van der Waals surface area contributed by atoms with Gasteiger partial charge in [0, 0.05) is 23.7 Å². The number of carbonyl (C=O) groups excluding carboxylic acids is 2. The predicted molar refractivity (Wildman–Crippen MR) is 164 cm³/mol. The molecule has 0 saturated heterocycles. The highest BCUT2D eigenvalue weighted by Crippen LogP contribution is 2.42. The number of amides is 1. The van der Waals surface area contributed by atoms with Crippen LogP contribution in [0.4, 0.5) is 0 Å². The van der Waals surface area contributed by atoms with Crippen LogP contribution in [0.5, 0.6) is 34.5 Å². The van der Waals surface area contributed by atoms with E-state index < -0.39 is 5.97 Å². The number of para-hydroxylation sites is 1. The summed E-state index contributed by atoms with van der Waals surface area (Å²) in [5, 5.41) is 13.3. The molecule has 0 aliphatic rings. The number of methoxy groups -OCH3 is 5. The fourth-order valence-corrected chi connectivity index (χ4v) is 4.87. The molecule has 0 spiro atoms. The van der Waals surface area contributed by atoms with Crippen molar-refractivity contribution in [3.63, 3.8) is 0 Å². The molecule has 0 atom stereocenters. The Hall–Kier alpha value is -5.24. The van der Waals surface area contributed by atoms with Gasteiger partial charge in [-0.15, -0.1) is 10.2 Å². The van der Waals surface area contributed by atoms with Crippen molar-refractivity contribution in [1.29, 1.82) is 0 Å². The predicted octanol–water partition coefficient (Wildman–Crippen LogP) is 4.15. The van der Waals surface area contributed by atoms with E-state index in [1.807, 2.05) is 34.9 Å². The smallest absolute Gasteiger partial charge is 0.308 e. The van der Waals surface area contributed by atoms with Crippen molar-refractivity contribution in [2.24, 2.45) is 5.10 Å². The molecule has 0 saturated carbocycles. The summed E-state index contributed by atoms with van der Waals surface area (Å²) in [6.45, 7) is 1.28. The van der Waals surface area contributed by atoms with Crippen LogP contribution < -0.4 is 33.8 Å². The maximum Gasteiger partial charge on any atom is 0.308 e. The van der Waals surface area contributed by atoms with Crippen molar-refractivity contribution in [2.45, 2.75) is 12.1 Å². The van der Waals surface area contributed by atoms with Crippen LogP contribution in [0, 0.1) is 0 Å². The summed E-state index contributed by atoms with van der Waals surface area (Å²) in [5.74, 6) is 1.68. The Kier molecular flexibility index (Phi) is 10.6. The average molecular weight is 622 g/mol. The number of nitrogens with one attached hydrogen (secondary N) is 1. The molecule has 0 bridgehead atoms. The Morgan fingerprint density at radius 1 is 0.841 bits per heavy atom. The van der Waals surface area contributed by atoms with Gasteiger partial charge in [-0.05, 0) is 36.4 Å². The Morgan fingerprint density at radius 3 is 1.98 bits per heavy atom. The molecular formula is C30H31N5O8S. The minimum atomic E-state index is -0.522. The lowest BCUT2D eigenvalue weighted by Gasteiger charge is -2.15. The van der Waals surface area contributed by atoms with Crippen LogP contribution in [0.2, 0.25) is 0 Å². The first-order chi connectivity index (χ1) is 21.3. The van der Waals surface area contributed by atoms with Gasteiger partial charge in [0.2, 0.25) is 11.5 Å². The van der Waals surface area contributed by atoms with Crippen molar-refractivity contribution in [1.82, 2.24) is 20.2 Å². The number of hydrogen-bond acceptors (Lipinski definition) is 12. The monoisotopic (exact) mass is 621 g/mol. The molecule has 0 fully saturated rings. The van der Waals surface area contributed by atoms with Crippen molar-refractivity contribution in [3.8, 4) is 51.6 Å². The second kappa shape index (κ2) is 14.8. The summed E-state index contributed by atoms with van der Waals surface area (Å²) in [4.78, 5) is 24.2. The van der Waals surface area contributed by atoms with Gasteiger partial charge in [0.1, 0.15) is 0 Å². The third kappa shape index (κ3) is 7.21. The Bertz CT molecular complexity index is 1610. The molecule has 0 aliphatic carbocycles. The fraction of sp³-hybridized carbons (Fsp3) is 0.233. The number of benzene rings is 3. The average Bonchev–Trinajstić information content (AvgIpc) is 3.47. The van der Waals surface area contributed by atoms with Gasteiger partial charge in [-0.3, -0.25) is 14.2 Å². The molecule has 1 amide bonds. The van der Waals surface area contributed by atoms with Crippen LogP contribution in [-0.4, -0.2) is 74.2 Å². The van der Waals surface area contributed by atoms with Crippen LogP contribution >= 0.6 is 11.8 Å². The van der Waals surface area contributed by atoms with Crippen LogP contribution in [0.25, 0.3) is 17.1 Å². The molecule has 1 heterocycles. The summed E-state index contributed by atoms with van der Waals surface area (Å²) in [6.07, 6.45) is 1.42. The molecule has 0 radical (unpaired) electrons. The van der Waals surface area contributed by atoms with E-state index in [1.54, 1.807) is 24.3 Å². The van der Waals surface area contributed by atoms with E-state index >= 15 is 0 Å². The Morgan fingerprint density at radius 2 is 1.43 bits per heavy atom. The van der Waals surface area contributed by atoms with Gasteiger partial charge in [-0.2, -0.15) is 5.10 Å². The maximum atomic E-state index is 12.7. The lowest BCUT2D eigenvalue weighted by Crippen LogP contribution is -2.20. The van der Waals surface area contributed by atoms with Gasteiger partial charge < -0.3 is 28.4 Å². The molecule has 0 aliphatic heterocycles. The molecule has 3 aromatic carbocycles. The summed E-state index contributed by atoms with van der Waals surface area (Å²) in [6, 6.07) is 16.3. The van der Waals surface area contributed by atoms with Gasteiger partial charge in [-0.25, -0.2) is 5.43 Å². The van der Waals surface area contributed by atoms with Crippen LogP contribution in [-0.2, 0) is 9.59 Å². The SMILES string of the molecule is COc1cc(-c2nnc(SCC(=O)N/N=C/c3cc(OC)c(OC(C)=O)c(OC)c3)n2-c2ccccc2)cc(OC)c1OC. The van der Waals surface area contributed by atoms with E-state index in [2.05, 4.69) is 20.7 Å². The van der Waals surface area contributed by atoms with Gasteiger partial charge in [-0.1, -0.05) is 30.0 Å². The van der Waals surface area contributed by atoms with E-state index in [9.17, 15) is 9.59 Å². The van der Waals surface area contributed by atoms with Gasteiger partial charge >= 0.3 is 5.97 Å². The third-order valence-electron chi connectivity index (χ3n) is 6.03. The summed E-state index contributed by atoms with van der Waals surface area (Å²) >= 11 is 1.19. The first kappa shape index (κ1) is 31.7. The normalized spacial score (nSPS) is 10.8. The number of nitrogens with zero attached hydrogens (tertiary/aromatic N) is 4. The van der Waals surface area contributed by atoms with Crippen LogP contribution in [0.15, 0.2) is 64.9 Å². The number of hydrazone groups is 1. The zero-order valence-electron chi connectivity index (χ0n) is 24.9. The van der Waals surface area contributed by atoms with E-state index in [0.717, 1.165) is 5.69 Å². The van der Waals surface area contributed by atoms with Gasteiger partial charge in [0.05, 0.1) is 47.5 Å². The summed E-state index contributed by atoms with van der Waals surface area (Å²) in [5.41, 5.74) is 4.51. The highest BCUT2D eigenvalue weighted by atomic mass is 32.2. The zero-order chi connectivity index (χ0) is 31.6. The van der Waals surface area contributed by atoms with Crippen molar-refractivity contribution >= 4 is 29.9 Å². The highest BCUT2D eigenvalue weighted by Gasteiger charge is 2.21. The minimum Gasteiger partial charge on any atom is -0.493 e. The first-order valence-electron chi connectivity index (χ1n) is 13.0. The van der Waals surface area contributed by atoms with Gasteiger partial charge in [0.15, 0.2) is 34.0 Å². The van der Waals surface area contributed by atoms with E-state index in [0.29, 0.717) is 39.4 Å². The van der Waals surface area contributed by atoms with Crippen molar-refractivity contribution < 1.29 is 38.0 Å². The van der Waals surface area contributed by atoms with Gasteiger partial charge in [0.25, 0.3) is 5.91 Å². The third-order valence-corrected chi connectivity index (χ3v) is 6.96. The van der Waals surface area contributed by atoms with Crippen LogP contribution in [0.3, 0.4) is 0 Å². The number of esters is 1. The largest absolute Gasteiger partial charge is 0.493 e. The van der Waals surface area contributed by atoms with E-state index in [1.165, 1.54) is 60.4 Å². The molecule has 4 rings (SSSR count). The molecule has 230 valence electrons. The van der Waals surface area contributed by atoms with E-state index in [-0.39, 0.29) is 28.9 Å². The van der Waals surface area contributed by atoms with Crippen LogP contribution in [0.1, 0.15) is 12.5 Å². The number of thioether (sulfide) groups is 1. The number of carbonyl (C=O) groups is 2. The number of hydrogen-bond donors (Lipinski definition) is 1. The number of ether oxygens (including phenoxy) is 6. The quantitative estimate of drug-likeness (QED) is 0.0756. The standard InChI is InChI=1S/C30H31N5O8S/c1-18(36)43-28-22(38-2)12-19(13-23(28)39-3)16-31-32-26(37)17-44-30-34-33-29(35(30)21-10-8-7-9-11-21)20-14-24(40-4)27(42-6)25(15-20)41-5/h7-16H,17H2,1-6H3,(H,32,37)/b31-16+. The molecular weight excluding hydrogens is 590 g/mol. The molecule has 0 unspecified atom stereocenters. The minimum absolute atomic E-state index is 0.00437. The molecule has 1 N–H and O–H groups in total. The number of rotatable bonds is 13. The zero-order valence-corrected chi connectivity index (χ0v) is 25.8. The molecule has 1 aromatic heterocycles. The van der Waals surface area contributed by atoms with Crippen molar-refractivity contribution in [2.75, 3.05) is 41.3 Å². The summed E-state index contributed by atoms with van der Waals surface area (Å²) in [7, 11) is 7.48. The van der Waals surface area contributed by atoms with E-state index in [4.69, 9.17) is 28.4 Å². The molecule has 44 heavy (non-hydrogen) atoms. The maximum absolute atomic E-state index is 12.7. The van der Waals surface area contributed by atoms with Crippen molar-refractivity contribution in [3.05, 3.63) is 60.2 Å². The molecule has 13 nitrogen and oxygen atoms in total. The lowest BCUT2D eigenvalue weighted by molar-refractivity contribution is -0.132. The fourth-order valence-electron chi connectivity index (χ4n) is 4.13. The Balaban J connectivity index is 1.55. The second-order valence-corrected chi connectivity index (χ2v) is 9.76. The molecule has 14 heteroatoms. The molecule has 4 aromatic rings.